The van der Waals surface area contributed by atoms with Crippen LogP contribution < -0.4 is 10.6 Å². The standard InChI is InChI=1S/C12H17IN2O2.ClH/c1-17-9-8-14-6-7-15-12(16)10-2-4-11(13)5-3-10;/h2-5,14H,6-9H2,1H3,(H,15,16);1H. The third-order valence-corrected chi connectivity index (χ3v) is 2.90. The van der Waals surface area contributed by atoms with Gasteiger partial charge >= 0.3 is 0 Å². The van der Waals surface area contributed by atoms with Crippen LogP contribution >= 0.6 is 35.0 Å². The van der Waals surface area contributed by atoms with Gasteiger partial charge in [-0.3, -0.25) is 4.79 Å². The zero-order chi connectivity index (χ0) is 12.5. The molecule has 0 unspecified atom stereocenters. The molecule has 0 aliphatic rings. The van der Waals surface area contributed by atoms with E-state index in [1.165, 1.54) is 0 Å². The average molecular weight is 385 g/mol. The molecule has 6 heteroatoms. The fraction of sp³-hybridized carbons (Fsp3) is 0.417. The lowest BCUT2D eigenvalue weighted by Gasteiger charge is -2.06. The highest BCUT2D eigenvalue weighted by molar-refractivity contribution is 14.1. The number of amides is 1. The van der Waals surface area contributed by atoms with E-state index in [0.29, 0.717) is 18.7 Å². The molecule has 1 amide bonds. The van der Waals surface area contributed by atoms with Crippen molar-refractivity contribution in [2.75, 3.05) is 33.4 Å². The summed E-state index contributed by atoms with van der Waals surface area (Å²) in [6.07, 6.45) is 0. The van der Waals surface area contributed by atoms with E-state index in [1.54, 1.807) is 7.11 Å². The first kappa shape index (κ1) is 17.6. The Morgan fingerprint density at radius 2 is 1.89 bits per heavy atom. The van der Waals surface area contributed by atoms with E-state index < -0.39 is 0 Å². The second-order valence-electron chi connectivity index (χ2n) is 3.51. The van der Waals surface area contributed by atoms with Gasteiger partial charge in [0.15, 0.2) is 0 Å². The molecule has 0 aliphatic carbocycles. The molecule has 1 aromatic rings. The third kappa shape index (κ3) is 7.15. The molecule has 1 rings (SSSR count). The van der Waals surface area contributed by atoms with Crippen molar-refractivity contribution in [3.8, 4) is 0 Å². The Morgan fingerprint density at radius 3 is 2.50 bits per heavy atom. The van der Waals surface area contributed by atoms with Gasteiger partial charge in [0, 0.05) is 35.9 Å². The highest BCUT2D eigenvalue weighted by Crippen LogP contribution is 2.06. The van der Waals surface area contributed by atoms with Crippen molar-refractivity contribution in [1.82, 2.24) is 10.6 Å². The summed E-state index contributed by atoms with van der Waals surface area (Å²) < 4.78 is 6.02. The summed E-state index contributed by atoms with van der Waals surface area (Å²) in [5.41, 5.74) is 0.697. The predicted octanol–water partition coefficient (Wildman–Crippen LogP) is 1.68. The average Bonchev–Trinajstić information content (AvgIpc) is 2.34. The highest BCUT2D eigenvalue weighted by atomic mass is 127. The third-order valence-electron chi connectivity index (χ3n) is 2.18. The van der Waals surface area contributed by atoms with Crippen LogP contribution in [0.25, 0.3) is 0 Å². The van der Waals surface area contributed by atoms with Gasteiger partial charge < -0.3 is 15.4 Å². The first-order valence-corrected chi connectivity index (χ1v) is 6.55. The molecular formula is C12H18ClIN2O2. The Kier molecular flexibility index (Phi) is 10.3. The molecule has 2 N–H and O–H groups in total. The minimum absolute atomic E-state index is 0. The maximum Gasteiger partial charge on any atom is 0.251 e. The maximum atomic E-state index is 11.7. The van der Waals surface area contributed by atoms with Crippen molar-refractivity contribution in [2.24, 2.45) is 0 Å². The summed E-state index contributed by atoms with van der Waals surface area (Å²) in [7, 11) is 1.67. The molecule has 0 saturated heterocycles. The van der Waals surface area contributed by atoms with E-state index in [2.05, 4.69) is 33.2 Å². The molecule has 0 aliphatic heterocycles. The SMILES string of the molecule is COCCNCCNC(=O)c1ccc(I)cc1.Cl. The van der Waals surface area contributed by atoms with Gasteiger partial charge in [-0.25, -0.2) is 0 Å². The van der Waals surface area contributed by atoms with E-state index in [4.69, 9.17) is 4.74 Å². The lowest BCUT2D eigenvalue weighted by atomic mass is 10.2. The fourth-order valence-electron chi connectivity index (χ4n) is 1.27. The van der Waals surface area contributed by atoms with Crippen LogP contribution in [0, 0.1) is 3.57 Å². The Bertz CT molecular complexity index is 346. The minimum atomic E-state index is -0.0325. The van der Waals surface area contributed by atoms with Crippen LogP contribution in [0.1, 0.15) is 10.4 Å². The van der Waals surface area contributed by atoms with E-state index in [1.807, 2.05) is 24.3 Å². The van der Waals surface area contributed by atoms with Crippen LogP contribution in [-0.4, -0.2) is 39.3 Å². The summed E-state index contributed by atoms with van der Waals surface area (Å²) >= 11 is 2.21. The molecule has 0 radical (unpaired) electrons. The van der Waals surface area contributed by atoms with Crippen LogP contribution in [0.15, 0.2) is 24.3 Å². The number of rotatable bonds is 7. The largest absolute Gasteiger partial charge is 0.383 e. The quantitative estimate of drug-likeness (QED) is 0.555. The van der Waals surface area contributed by atoms with Crippen molar-refractivity contribution in [1.29, 1.82) is 0 Å². The van der Waals surface area contributed by atoms with Crippen LogP contribution in [0.2, 0.25) is 0 Å². The predicted molar refractivity (Wildman–Crippen MR) is 83.5 cm³/mol. The van der Waals surface area contributed by atoms with Crippen molar-refractivity contribution in [3.63, 3.8) is 0 Å². The maximum absolute atomic E-state index is 11.7. The van der Waals surface area contributed by atoms with Crippen LogP contribution in [0.5, 0.6) is 0 Å². The number of hydrogen-bond donors (Lipinski definition) is 2. The van der Waals surface area contributed by atoms with Crippen LogP contribution in [-0.2, 0) is 4.74 Å². The molecule has 0 bridgehead atoms. The second-order valence-corrected chi connectivity index (χ2v) is 4.75. The first-order chi connectivity index (χ1) is 8.24. The summed E-state index contributed by atoms with van der Waals surface area (Å²) in [4.78, 5) is 11.7. The van der Waals surface area contributed by atoms with E-state index >= 15 is 0 Å². The monoisotopic (exact) mass is 384 g/mol. The molecule has 18 heavy (non-hydrogen) atoms. The molecule has 1 aromatic carbocycles. The summed E-state index contributed by atoms with van der Waals surface area (Å²) in [5, 5.41) is 6.01. The molecule has 0 saturated carbocycles. The van der Waals surface area contributed by atoms with E-state index in [0.717, 1.165) is 16.7 Å². The van der Waals surface area contributed by atoms with Gasteiger partial charge in [-0.1, -0.05) is 0 Å². The topological polar surface area (TPSA) is 50.4 Å². The van der Waals surface area contributed by atoms with E-state index in [9.17, 15) is 4.79 Å². The fourth-order valence-corrected chi connectivity index (χ4v) is 1.63. The molecule has 0 spiro atoms. The van der Waals surface area contributed by atoms with Crippen molar-refractivity contribution < 1.29 is 9.53 Å². The number of carbonyl (C=O) groups is 1. The van der Waals surface area contributed by atoms with Crippen molar-refractivity contribution >= 4 is 40.9 Å². The van der Waals surface area contributed by atoms with Crippen LogP contribution in [0.4, 0.5) is 0 Å². The molecule has 102 valence electrons. The second kappa shape index (κ2) is 10.5. The van der Waals surface area contributed by atoms with Crippen molar-refractivity contribution in [3.05, 3.63) is 33.4 Å². The molecule has 4 nitrogen and oxygen atoms in total. The van der Waals surface area contributed by atoms with Gasteiger partial charge in [0.1, 0.15) is 0 Å². The number of ether oxygens (including phenoxy) is 1. The summed E-state index contributed by atoms with van der Waals surface area (Å²) in [6.45, 7) is 2.86. The first-order valence-electron chi connectivity index (χ1n) is 5.47. The Morgan fingerprint density at radius 1 is 1.22 bits per heavy atom. The number of carbonyl (C=O) groups excluding carboxylic acids is 1. The number of benzene rings is 1. The zero-order valence-electron chi connectivity index (χ0n) is 10.2. The zero-order valence-corrected chi connectivity index (χ0v) is 13.2. The van der Waals surface area contributed by atoms with Crippen LogP contribution in [0.3, 0.4) is 0 Å². The highest BCUT2D eigenvalue weighted by Gasteiger charge is 2.03. The van der Waals surface area contributed by atoms with Crippen molar-refractivity contribution in [2.45, 2.75) is 0 Å². The molecular weight excluding hydrogens is 367 g/mol. The van der Waals surface area contributed by atoms with Gasteiger partial charge in [0.05, 0.1) is 6.61 Å². The van der Waals surface area contributed by atoms with Gasteiger partial charge in [0.2, 0.25) is 0 Å². The molecule has 0 aromatic heterocycles. The number of halogens is 2. The Labute approximate surface area is 127 Å². The molecule has 0 fully saturated rings. The van der Waals surface area contributed by atoms with Gasteiger partial charge in [0.25, 0.3) is 5.91 Å². The van der Waals surface area contributed by atoms with E-state index in [-0.39, 0.29) is 18.3 Å². The van der Waals surface area contributed by atoms with Gasteiger partial charge in [-0.2, -0.15) is 0 Å². The number of hydrogen-bond acceptors (Lipinski definition) is 3. The van der Waals surface area contributed by atoms with Gasteiger partial charge in [-0.15, -0.1) is 12.4 Å². The Balaban J connectivity index is 0.00000289. The Hall–Kier alpha value is -0.370. The molecule has 0 heterocycles. The normalized spacial score (nSPS) is 9.67. The lowest BCUT2D eigenvalue weighted by molar-refractivity contribution is 0.0953. The molecule has 0 atom stereocenters. The number of methoxy groups -OCH3 is 1. The lowest BCUT2D eigenvalue weighted by Crippen LogP contribution is -2.33. The summed E-state index contributed by atoms with van der Waals surface area (Å²) in [6, 6.07) is 7.50. The summed E-state index contributed by atoms with van der Waals surface area (Å²) in [5.74, 6) is -0.0325. The minimum Gasteiger partial charge on any atom is -0.383 e. The smallest absolute Gasteiger partial charge is 0.251 e. The number of nitrogens with one attached hydrogen (secondary N) is 2. The van der Waals surface area contributed by atoms with Gasteiger partial charge in [-0.05, 0) is 46.9 Å².